The van der Waals surface area contributed by atoms with Gasteiger partial charge in [0.2, 0.25) is 0 Å². The van der Waals surface area contributed by atoms with Gasteiger partial charge in [-0.15, -0.1) is 0 Å². The van der Waals surface area contributed by atoms with Crippen LogP contribution in [0, 0.1) is 5.82 Å². The lowest BCUT2D eigenvalue weighted by Crippen LogP contribution is -1.99. The Morgan fingerprint density at radius 1 is 0.923 bits per heavy atom. The number of aromatic nitrogens is 3. The number of hydrogen-bond donors (Lipinski definition) is 1. The van der Waals surface area contributed by atoms with Crippen LogP contribution in [0.2, 0.25) is 0 Å². The van der Waals surface area contributed by atoms with Gasteiger partial charge < -0.3 is 14.2 Å². The summed E-state index contributed by atoms with van der Waals surface area (Å²) in [6, 6.07) is 11.4. The van der Waals surface area contributed by atoms with Gasteiger partial charge in [0, 0.05) is 5.56 Å². The Labute approximate surface area is 150 Å². The van der Waals surface area contributed by atoms with E-state index in [-0.39, 0.29) is 12.4 Å². The quantitative estimate of drug-likeness (QED) is 0.660. The number of nitrogens with one attached hydrogen (secondary N) is 1. The Balaban J connectivity index is 1.72. The number of benzene rings is 2. The second-order valence-electron chi connectivity index (χ2n) is 5.38. The molecule has 0 spiro atoms. The summed E-state index contributed by atoms with van der Waals surface area (Å²) in [6.45, 7) is 5.14. The number of rotatable bonds is 8. The van der Waals surface area contributed by atoms with Gasteiger partial charge in [-0.1, -0.05) is 0 Å². The van der Waals surface area contributed by atoms with Crippen molar-refractivity contribution in [1.82, 2.24) is 15.2 Å². The fourth-order valence-electron chi connectivity index (χ4n) is 2.36. The monoisotopic (exact) mass is 357 g/mol. The highest BCUT2D eigenvalue weighted by atomic mass is 19.1. The number of ether oxygens (including phenoxy) is 3. The van der Waals surface area contributed by atoms with Gasteiger partial charge in [0.1, 0.15) is 18.2 Å². The molecule has 0 radical (unpaired) electrons. The van der Waals surface area contributed by atoms with E-state index in [1.165, 1.54) is 12.1 Å². The Bertz CT molecular complexity index is 849. The summed E-state index contributed by atoms with van der Waals surface area (Å²) in [5, 5.41) is 7.06. The van der Waals surface area contributed by atoms with Crippen LogP contribution in [0.3, 0.4) is 0 Å². The Morgan fingerprint density at radius 2 is 1.65 bits per heavy atom. The van der Waals surface area contributed by atoms with E-state index in [0.717, 1.165) is 5.56 Å². The van der Waals surface area contributed by atoms with Crippen molar-refractivity contribution >= 4 is 0 Å². The Morgan fingerprint density at radius 3 is 2.38 bits per heavy atom. The predicted octanol–water partition coefficient (Wildman–Crippen LogP) is 3.99. The molecule has 2 aromatic carbocycles. The van der Waals surface area contributed by atoms with Crippen molar-refractivity contribution < 1.29 is 18.6 Å². The zero-order valence-electron chi connectivity index (χ0n) is 14.7. The van der Waals surface area contributed by atoms with Gasteiger partial charge in [-0.05, 0) is 56.3 Å². The standard InChI is InChI=1S/C19H20FN3O3/c1-3-24-16-10-5-13(11-17(16)25-4-2)19-21-18(22-23-19)12-26-15-8-6-14(20)7-9-15/h5-11H,3-4,12H2,1-2H3,(H,21,22,23). The molecule has 1 N–H and O–H groups in total. The highest BCUT2D eigenvalue weighted by Crippen LogP contribution is 2.31. The molecule has 0 unspecified atom stereocenters. The van der Waals surface area contributed by atoms with Crippen molar-refractivity contribution in [3.05, 3.63) is 54.1 Å². The maximum atomic E-state index is 12.9. The van der Waals surface area contributed by atoms with Gasteiger partial charge in [-0.25, -0.2) is 9.37 Å². The van der Waals surface area contributed by atoms with Gasteiger partial charge in [0.15, 0.2) is 23.1 Å². The summed E-state index contributed by atoms with van der Waals surface area (Å²) in [4.78, 5) is 4.43. The maximum absolute atomic E-state index is 12.9. The number of hydrogen-bond acceptors (Lipinski definition) is 5. The zero-order valence-corrected chi connectivity index (χ0v) is 14.7. The molecule has 1 aromatic heterocycles. The smallest absolute Gasteiger partial charge is 0.181 e. The van der Waals surface area contributed by atoms with E-state index in [4.69, 9.17) is 14.2 Å². The van der Waals surface area contributed by atoms with Gasteiger partial charge >= 0.3 is 0 Å². The average molecular weight is 357 g/mol. The first-order valence-corrected chi connectivity index (χ1v) is 8.39. The zero-order chi connectivity index (χ0) is 18.4. The summed E-state index contributed by atoms with van der Waals surface area (Å²) < 4.78 is 29.7. The second kappa shape index (κ2) is 8.33. The minimum absolute atomic E-state index is 0.202. The van der Waals surface area contributed by atoms with Gasteiger partial charge in [0.25, 0.3) is 0 Å². The third-order valence-electron chi connectivity index (χ3n) is 3.52. The van der Waals surface area contributed by atoms with Crippen LogP contribution in [0.4, 0.5) is 4.39 Å². The molecule has 0 saturated heterocycles. The van der Waals surface area contributed by atoms with Crippen LogP contribution in [0.1, 0.15) is 19.7 Å². The number of nitrogens with zero attached hydrogens (tertiary/aromatic N) is 2. The molecule has 26 heavy (non-hydrogen) atoms. The SMILES string of the molecule is CCOc1ccc(-c2n[nH]c(COc3ccc(F)cc3)n2)cc1OCC. The first-order valence-electron chi connectivity index (χ1n) is 8.39. The van der Waals surface area contributed by atoms with Crippen molar-refractivity contribution in [2.45, 2.75) is 20.5 Å². The lowest BCUT2D eigenvalue weighted by molar-refractivity contribution is 0.288. The summed E-state index contributed by atoms with van der Waals surface area (Å²) >= 11 is 0. The minimum Gasteiger partial charge on any atom is -0.490 e. The van der Waals surface area contributed by atoms with Crippen molar-refractivity contribution in [1.29, 1.82) is 0 Å². The molecule has 0 aliphatic heterocycles. The van der Waals surface area contributed by atoms with Crippen LogP contribution in [-0.2, 0) is 6.61 Å². The van der Waals surface area contributed by atoms with Crippen LogP contribution in [-0.4, -0.2) is 28.4 Å². The average Bonchev–Trinajstić information content (AvgIpc) is 3.12. The molecule has 7 heteroatoms. The van der Waals surface area contributed by atoms with Crippen LogP contribution >= 0.6 is 0 Å². The van der Waals surface area contributed by atoms with Gasteiger partial charge in [0.05, 0.1) is 13.2 Å². The highest BCUT2D eigenvalue weighted by molar-refractivity contribution is 5.60. The van der Waals surface area contributed by atoms with Crippen LogP contribution < -0.4 is 14.2 Å². The molecule has 6 nitrogen and oxygen atoms in total. The lowest BCUT2D eigenvalue weighted by Gasteiger charge is -2.11. The van der Waals surface area contributed by atoms with Crippen LogP contribution in [0.25, 0.3) is 11.4 Å². The van der Waals surface area contributed by atoms with E-state index >= 15 is 0 Å². The largest absolute Gasteiger partial charge is 0.490 e. The molecule has 0 atom stereocenters. The number of aromatic amines is 1. The molecule has 0 saturated carbocycles. The van der Waals surface area contributed by atoms with E-state index in [9.17, 15) is 4.39 Å². The molecule has 3 rings (SSSR count). The first kappa shape index (κ1) is 17.7. The Hall–Kier alpha value is -3.09. The van der Waals surface area contributed by atoms with E-state index in [2.05, 4.69) is 15.2 Å². The molecule has 3 aromatic rings. The molecule has 1 heterocycles. The molecule has 0 bridgehead atoms. The fraction of sp³-hybridized carbons (Fsp3) is 0.263. The topological polar surface area (TPSA) is 69.3 Å². The first-order chi connectivity index (χ1) is 12.7. The van der Waals surface area contributed by atoms with Gasteiger partial charge in [-0.2, -0.15) is 5.10 Å². The van der Waals surface area contributed by atoms with Gasteiger partial charge in [-0.3, -0.25) is 5.10 Å². The molecular formula is C19H20FN3O3. The second-order valence-corrected chi connectivity index (χ2v) is 5.38. The van der Waals surface area contributed by atoms with E-state index < -0.39 is 0 Å². The van der Waals surface area contributed by atoms with E-state index in [0.29, 0.717) is 42.1 Å². The molecule has 0 amide bonds. The van der Waals surface area contributed by atoms with Crippen molar-refractivity contribution in [3.8, 4) is 28.6 Å². The summed E-state index contributed by atoms with van der Waals surface area (Å²) in [6.07, 6.45) is 0. The van der Waals surface area contributed by atoms with E-state index in [1.807, 2.05) is 32.0 Å². The third-order valence-corrected chi connectivity index (χ3v) is 3.52. The molecule has 0 fully saturated rings. The number of H-pyrrole nitrogens is 1. The molecule has 0 aliphatic rings. The summed E-state index contributed by atoms with van der Waals surface area (Å²) in [5.41, 5.74) is 0.807. The Kier molecular flexibility index (Phi) is 5.68. The van der Waals surface area contributed by atoms with Crippen molar-refractivity contribution in [2.75, 3.05) is 13.2 Å². The minimum atomic E-state index is -0.306. The third kappa shape index (κ3) is 4.30. The number of halogens is 1. The van der Waals surface area contributed by atoms with Crippen molar-refractivity contribution in [2.24, 2.45) is 0 Å². The summed E-state index contributed by atoms with van der Waals surface area (Å²) in [7, 11) is 0. The predicted molar refractivity (Wildman–Crippen MR) is 94.9 cm³/mol. The summed E-state index contributed by atoms with van der Waals surface area (Å²) in [5.74, 6) is 2.70. The highest BCUT2D eigenvalue weighted by Gasteiger charge is 2.11. The van der Waals surface area contributed by atoms with E-state index in [1.54, 1.807) is 12.1 Å². The lowest BCUT2D eigenvalue weighted by atomic mass is 10.2. The molecule has 136 valence electrons. The normalized spacial score (nSPS) is 10.6. The molecule has 0 aliphatic carbocycles. The molecular weight excluding hydrogens is 337 g/mol. The van der Waals surface area contributed by atoms with Crippen LogP contribution in [0.5, 0.6) is 17.2 Å². The van der Waals surface area contributed by atoms with Crippen molar-refractivity contribution in [3.63, 3.8) is 0 Å². The van der Waals surface area contributed by atoms with Crippen LogP contribution in [0.15, 0.2) is 42.5 Å². The maximum Gasteiger partial charge on any atom is 0.181 e. The fourth-order valence-corrected chi connectivity index (χ4v) is 2.36.